The van der Waals surface area contributed by atoms with Gasteiger partial charge in [-0.05, 0) is 0 Å². The second-order valence-corrected chi connectivity index (χ2v) is 2.86. The normalized spacial score (nSPS) is 33.6. The Hall–Kier alpha value is -0.670. The lowest BCUT2D eigenvalue weighted by Crippen LogP contribution is -2.38. The van der Waals surface area contributed by atoms with E-state index in [1.54, 1.807) is 0 Å². The topological polar surface area (TPSA) is 71.7 Å². The van der Waals surface area contributed by atoms with E-state index in [-0.39, 0.29) is 6.61 Å². The molecule has 0 aromatic rings. The number of ether oxygens (including phenoxy) is 3. The highest BCUT2D eigenvalue weighted by molar-refractivity contribution is 4.97. The zero-order chi connectivity index (χ0) is 9.84. The Kier molecular flexibility index (Phi) is 3.63. The zero-order valence-electron chi connectivity index (χ0n) is 7.64. The lowest BCUT2D eigenvalue weighted by atomic mass is 10.0. The first-order chi connectivity index (χ1) is 6.24. The van der Waals surface area contributed by atoms with Gasteiger partial charge in [0, 0.05) is 14.2 Å². The van der Waals surface area contributed by atoms with Crippen molar-refractivity contribution in [2.24, 2.45) is 5.92 Å². The highest BCUT2D eigenvalue weighted by Gasteiger charge is 2.41. The Labute approximate surface area is 76.8 Å². The average Bonchev–Trinajstić information content (AvgIpc) is 2.50. The molecule has 1 fully saturated rings. The molecule has 1 N–H and O–H groups in total. The van der Waals surface area contributed by atoms with Crippen molar-refractivity contribution in [1.82, 2.24) is 0 Å². The lowest BCUT2D eigenvalue weighted by molar-refractivity contribution is -0.184. The van der Waals surface area contributed by atoms with Gasteiger partial charge >= 0.3 is 0 Å². The van der Waals surface area contributed by atoms with Gasteiger partial charge in [0.05, 0.1) is 18.6 Å². The summed E-state index contributed by atoms with van der Waals surface area (Å²) in [6.07, 6.45) is -2.03. The summed E-state index contributed by atoms with van der Waals surface area (Å²) in [5, 5.41) is 18.2. The first-order valence-corrected chi connectivity index (χ1v) is 3.99. The minimum Gasteiger partial charge on any atom is -0.389 e. The van der Waals surface area contributed by atoms with Crippen LogP contribution in [0.15, 0.2) is 0 Å². The zero-order valence-corrected chi connectivity index (χ0v) is 7.64. The van der Waals surface area contributed by atoms with Crippen LogP contribution in [0.3, 0.4) is 0 Å². The number of aliphatic hydroxyl groups excluding tert-OH is 1. The highest BCUT2D eigenvalue weighted by atomic mass is 16.7. The van der Waals surface area contributed by atoms with Crippen LogP contribution in [0, 0.1) is 17.2 Å². The SMILES string of the molecule is COC(OC)C1OCC(C#N)C1O. The van der Waals surface area contributed by atoms with Crippen LogP contribution in [-0.2, 0) is 14.2 Å². The van der Waals surface area contributed by atoms with Gasteiger partial charge in [-0.2, -0.15) is 5.26 Å². The maximum atomic E-state index is 9.57. The number of rotatable bonds is 3. The van der Waals surface area contributed by atoms with Crippen LogP contribution in [-0.4, -0.2) is 44.4 Å². The second kappa shape index (κ2) is 4.53. The molecule has 0 spiro atoms. The van der Waals surface area contributed by atoms with Gasteiger partial charge < -0.3 is 19.3 Å². The van der Waals surface area contributed by atoms with E-state index in [9.17, 15) is 5.11 Å². The fourth-order valence-electron chi connectivity index (χ4n) is 1.36. The van der Waals surface area contributed by atoms with E-state index in [1.807, 2.05) is 6.07 Å². The summed E-state index contributed by atoms with van der Waals surface area (Å²) in [7, 11) is 2.92. The Morgan fingerprint density at radius 3 is 2.54 bits per heavy atom. The van der Waals surface area contributed by atoms with E-state index in [0.717, 1.165) is 0 Å². The monoisotopic (exact) mass is 187 g/mol. The van der Waals surface area contributed by atoms with Crippen LogP contribution in [0.5, 0.6) is 0 Å². The van der Waals surface area contributed by atoms with E-state index in [2.05, 4.69) is 0 Å². The molecule has 1 saturated heterocycles. The molecule has 0 bridgehead atoms. The van der Waals surface area contributed by atoms with Crippen molar-refractivity contribution >= 4 is 0 Å². The molecule has 0 aromatic heterocycles. The number of hydrogen-bond acceptors (Lipinski definition) is 5. The molecule has 1 rings (SSSR count). The number of nitrogens with zero attached hydrogens (tertiary/aromatic N) is 1. The van der Waals surface area contributed by atoms with Gasteiger partial charge in [0.15, 0.2) is 6.29 Å². The third-order valence-corrected chi connectivity index (χ3v) is 2.12. The van der Waals surface area contributed by atoms with Gasteiger partial charge in [0.25, 0.3) is 0 Å². The van der Waals surface area contributed by atoms with E-state index >= 15 is 0 Å². The molecule has 5 heteroatoms. The fourth-order valence-corrected chi connectivity index (χ4v) is 1.36. The van der Waals surface area contributed by atoms with Crippen molar-refractivity contribution in [3.8, 4) is 6.07 Å². The van der Waals surface area contributed by atoms with E-state index in [0.29, 0.717) is 0 Å². The van der Waals surface area contributed by atoms with Crippen molar-refractivity contribution in [2.75, 3.05) is 20.8 Å². The van der Waals surface area contributed by atoms with Crippen molar-refractivity contribution in [3.63, 3.8) is 0 Å². The van der Waals surface area contributed by atoms with Crippen LogP contribution in [0.4, 0.5) is 0 Å². The summed E-state index contributed by atoms with van der Waals surface area (Å²) < 4.78 is 15.1. The van der Waals surface area contributed by atoms with Gasteiger partial charge in [0.1, 0.15) is 12.2 Å². The molecule has 13 heavy (non-hydrogen) atoms. The summed E-state index contributed by atoms with van der Waals surface area (Å²) >= 11 is 0. The lowest BCUT2D eigenvalue weighted by Gasteiger charge is -2.22. The third-order valence-electron chi connectivity index (χ3n) is 2.12. The van der Waals surface area contributed by atoms with Crippen molar-refractivity contribution in [1.29, 1.82) is 5.26 Å². The summed E-state index contributed by atoms with van der Waals surface area (Å²) in [5.41, 5.74) is 0. The molecule has 3 unspecified atom stereocenters. The second-order valence-electron chi connectivity index (χ2n) is 2.86. The predicted octanol–water partition coefficient (Wildman–Crippen LogP) is -0.495. The van der Waals surface area contributed by atoms with Crippen LogP contribution in [0.1, 0.15) is 0 Å². The molecule has 0 aromatic carbocycles. The van der Waals surface area contributed by atoms with E-state index < -0.39 is 24.4 Å². The molecule has 5 nitrogen and oxygen atoms in total. The summed E-state index contributed by atoms with van der Waals surface area (Å²) in [4.78, 5) is 0. The third kappa shape index (κ3) is 1.98. The summed E-state index contributed by atoms with van der Waals surface area (Å²) in [6.45, 7) is 0.228. The molecule has 0 aliphatic carbocycles. The molecule has 0 radical (unpaired) electrons. The van der Waals surface area contributed by atoms with Gasteiger partial charge in [-0.3, -0.25) is 0 Å². The first-order valence-electron chi connectivity index (χ1n) is 3.99. The molecule has 1 heterocycles. The Morgan fingerprint density at radius 1 is 1.54 bits per heavy atom. The molecule has 1 aliphatic heterocycles. The van der Waals surface area contributed by atoms with Crippen molar-refractivity contribution < 1.29 is 19.3 Å². The molecule has 3 atom stereocenters. The van der Waals surface area contributed by atoms with Crippen LogP contribution in [0.25, 0.3) is 0 Å². The van der Waals surface area contributed by atoms with E-state index in [1.165, 1.54) is 14.2 Å². The largest absolute Gasteiger partial charge is 0.389 e. The van der Waals surface area contributed by atoms with Gasteiger partial charge in [-0.25, -0.2) is 0 Å². The van der Waals surface area contributed by atoms with Gasteiger partial charge in [-0.15, -0.1) is 0 Å². The maximum absolute atomic E-state index is 9.57. The Bertz CT molecular complexity index is 199. The maximum Gasteiger partial charge on any atom is 0.185 e. The minimum absolute atomic E-state index is 0.228. The molecule has 0 saturated carbocycles. The molecule has 0 amide bonds. The predicted molar refractivity (Wildman–Crippen MR) is 42.7 cm³/mol. The molecule has 74 valence electrons. The number of nitriles is 1. The van der Waals surface area contributed by atoms with Crippen LogP contribution >= 0.6 is 0 Å². The number of aliphatic hydroxyl groups is 1. The average molecular weight is 187 g/mol. The van der Waals surface area contributed by atoms with Gasteiger partial charge in [-0.1, -0.05) is 0 Å². The number of hydrogen-bond donors (Lipinski definition) is 1. The molecular formula is C8H13NO4. The molecule has 1 aliphatic rings. The van der Waals surface area contributed by atoms with Crippen LogP contribution < -0.4 is 0 Å². The number of methoxy groups -OCH3 is 2. The fraction of sp³-hybridized carbons (Fsp3) is 0.875. The van der Waals surface area contributed by atoms with Crippen molar-refractivity contribution in [3.05, 3.63) is 0 Å². The molecular weight excluding hydrogens is 174 g/mol. The smallest absolute Gasteiger partial charge is 0.185 e. The quantitative estimate of drug-likeness (QED) is 0.603. The first kappa shape index (κ1) is 10.4. The minimum atomic E-state index is -0.838. The summed E-state index contributed by atoms with van der Waals surface area (Å²) in [5.74, 6) is -0.488. The Morgan fingerprint density at radius 2 is 2.15 bits per heavy atom. The van der Waals surface area contributed by atoms with E-state index in [4.69, 9.17) is 19.5 Å². The van der Waals surface area contributed by atoms with Crippen LogP contribution in [0.2, 0.25) is 0 Å². The Balaban J connectivity index is 2.58. The summed E-state index contributed by atoms with van der Waals surface area (Å²) in [6, 6.07) is 1.96. The highest BCUT2D eigenvalue weighted by Crippen LogP contribution is 2.23. The standard InChI is InChI=1S/C8H13NO4/c1-11-8(12-2)7-6(10)5(3-9)4-13-7/h5-8,10H,4H2,1-2H3. The van der Waals surface area contributed by atoms with Gasteiger partial charge in [0.2, 0.25) is 0 Å². The van der Waals surface area contributed by atoms with Crippen molar-refractivity contribution in [2.45, 2.75) is 18.5 Å².